The van der Waals surface area contributed by atoms with Gasteiger partial charge < -0.3 is 14.6 Å². The van der Waals surface area contributed by atoms with Gasteiger partial charge in [-0.1, -0.05) is 11.6 Å². The number of fused-ring (bicyclic) bond motifs is 2. The standard InChI is InChI=1S/C18H20ClN3O2/c1-21-9-8-20-17(21)18(24)10-14-6-7-15(11-18)22(14)16(23)12-2-4-13(19)5-3-12/h2-5,8-9,14-15,24H,6-7,10-11H2,1H3/t14-,15-/m1/s1. The van der Waals surface area contributed by atoms with Gasteiger partial charge in [0.05, 0.1) is 0 Å². The summed E-state index contributed by atoms with van der Waals surface area (Å²) in [4.78, 5) is 19.2. The van der Waals surface area contributed by atoms with Crippen LogP contribution < -0.4 is 0 Å². The smallest absolute Gasteiger partial charge is 0.254 e. The number of aromatic nitrogens is 2. The molecule has 5 nitrogen and oxygen atoms in total. The zero-order valence-electron chi connectivity index (χ0n) is 13.5. The van der Waals surface area contributed by atoms with Gasteiger partial charge in [-0.15, -0.1) is 0 Å². The van der Waals surface area contributed by atoms with Crippen molar-refractivity contribution in [3.63, 3.8) is 0 Å². The van der Waals surface area contributed by atoms with Gasteiger partial charge in [0.2, 0.25) is 0 Å². The molecule has 0 unspecified atom stereocenters. The molecule has 2 bridgehead atoms. The highest BCUT2D eigenvalue weighted by Crippen LogP contribution is 2.45. The molecule has 1 aromatic heterocycles. The Hall–Kier alpha value is -1.85. The molecule has 1 N–H and O–H groups in total. The Bertz CT molecular complexity index is 757. The van der Waals surface area contributed by atoms with Crippen molar-refractivity contribution in [2.45, 2.75) is 43.4 Å². The third-order valence-electron chi connectivity index (χ3n) is 5.33. The van der Waals surface area contributed by atoms with Gasteiger partial charge in [0.1, 0.15) is 11.4 Å². The summed E-state index contributed by atoms with van der Waals surface area (Å²) >= 11 is 5.91. The Morgan fingerprint density at radius 2 is 1.88 bits per heavy atom. The highest BCUT2D eigenvalue weighted by molar-refractivity contribution is 6.30. The van der Waals surface area contributed by atoms with Crippen molar-refractivity contribution in [2.75, 3.05) is 0 Å². The van der Waals surface area contributed by atoms with Crippen molar-refractivity contribution < 1.29 is 9.90 Å². The zero-order chi connectivity index (χ0) is 16.9. The molecule has 0 radical (unpaired) electrons. The first-order valence-electron chi connectivity index (χ1n) is 8.26. The second-order valence-electron chi connectivity index (χ2n) is 6.91. The molecule has 2 saturated heterocycles. The number of piperidine rings is 1. The normalized spacial score (nSPS) is 29.0. The van der Waals surface area contributed by atoms with Crippen LogP contribution in [0.3, 0.4) is 0 Å². The SMILES string of the molecule is Cn1ccnc1C1(O)C[C@H]2CC[C@H](C1)N2C(=O)c1ccc(Cl)cc1. The highest BCUT2D eigenvalue weighted by Gasteiger charge is 2.51. The lowest BCUT2D eigenvalue weighted by molar-refractivity contribution is -0.0555. The van der Waals surface area contributed by atoms with Crippen molar-refractivity contribution in [1.82, 2.24) is 14.5 Å². The fourth-order valence-electron chi connectivity index (χ4n) is 4.29. The van der Waals surface area contributed by atoms with E-state index in [4.69, 9.17) is 11.6 Å². The molecule has 2 aliphatic rings. The molecule has 6 heteroatoms. The molecule has 2 fully saturated rings. The van der Waals surface area contributed by atoms with Crippen LogP contribution in [0.1, 0.15) is 41.9 Å². The first kappa shape index (κ1) is 15.7. The van der Waals surface area contributed by atoms with E-state index in [1.165, 1.54) is 0 Å². The average molecular weight is 346 g/mol. The van der Waals surface area contributed by atoms with E-state index in [0.29, 0.717) is 29.3 Å². The number of aryl methyl sites for hydroxylation is 1. The summed E-state index contributed by atoms with van der Waals surface area (Å²) in [6.45, 7) is 0. The molecule has 4 rings (SSSR count). The van der Waals surface area contributed by atoms with E-state index in [1.807, 2.05) is 22.7 Å². The van der Waals surface area contributed by atoms with Crippen molar-refractivity contribution >= 4 is 17.5 Å². The van der Waals surface area contributed by atoms with E-state index in [9.17, 15) is 9.90 Å². The van der Waals surface area contributed by atoms with Crippen LogP contribution >= 0.6 is 11.6 Å². The second-order valence-corrected chi connectivity index (χ2v) is 7.34. The first-order chi connectivity index (χ1) is 11.5. The van der Waals surface area contributed by atoms with Gasteiger partial charge in [0, 0.05) is 55.0 Å². The first-order valence-corrected chi connectivity index (χ1v) is 8.64. The maximum atomic E-state index is 12.9. The third kappa shape index (κ3) is 2.43. The summed E-state index contributed by atoms with van der Waals surface area (Å²) in [5, 5.41) is 11.8. The number of benzene rings is 1. The molecule has 3 heterocycles. The molecule has 0 spiro atoms. The number of nitrogens with zero attached hydrogens (tertiary/aromatic N) is 3. The van der Waals surface area contributed by atoms with Crippen LogP contribution in [0.2, 0.25) is 5.02 Å². The van der Waals surface area contributed by atoms with Crippen molar-refractivity contribution in [3.8, 4) is 0 Å². The van der Waals surface area contributed by atoms with E-state index in [1.54, 1.807) is 30.5 Å². The Kier molecular flexibility index (Phi) is 3.66. The van der Waals surface area contributed by atoms with E-state index in [0.717, 1.165) is 12.8 Å². The van der Waals surface area contributed by atoms with Crippen LogP contribution in [0.5, 0.6) is 0 Å². The molecule has 0 saturated carbocycles. The average Bonchev–Trinajstić information content (AvgIpc) is 3.10. The number of halogens is 1. The van der Waals surface area contributed by atoms with Crippen molar-refractivity contribution in [1.29, 1.82) is 0 Å². The van der Waals surface area contributed by atoms with Crippen LogP contribution in [0.15, 0.2) is 36.7 Å². The number of amides is 1. The van der Waals surface area contributed by atoms with Gasteiger partial charge in [-0.05, 0) is 37.1 Å². The summed E-state index contributed by atoms with van der Waals surface area (Å²) < 4.78 is 1.87. The number of imidazole rings is 1. The Morgan fingerprint density at radius 1 is 1.25 bits per heavy atom. The predicted octanol–water partition coefficient (Wildman–Crippen LogP) is 2.73. The quantitative estimate of drug-likeness (QED) is 0.910. The van der Waals surface area contributed by atoms with E-state index in [-0.39, 0.29) is 18.0 Å². The van der Waals surface area contributed by atoms with Gasteiger partial charge in [0.25, 0.3) is 5.91 Å². The van der Waals surface area contributed by atoms with Crippen LogP contribution in [0, 0.1) is 0 Å². The monoisotopic (exact) mass is 345 g/mol. The number of carbonyl (C=O) groups is 1. The zero-order valence-corrected chi connectivity index (χ0v) is 14.3. The number of hydrogen-bond acceptors (Lipinski definition) is 3. The molecule has 2 atom stereocenters. The van der Waals surface area contributed by atoms with Gasteiger partial charge in [-0.3, -0.25) is 4.79 Å². The summed E-state index contributed by atoms with van der Waals surface area (Å²) in [6.07, 6.45) is 6.48. The molecular formula is C18H20ClN3O2. The minimum Gasteiger partial charge on any atom is -0.382 e. The maximum Gasteiger partial charge on any atom is 0.254 e. The van der Waals surface area contributed by atoms with Gasteiger partial charge in [0.15, 0.2) is 0 Å². The van der Waals surface area contributed by atoms with Gasteiger partial charge >= 0.3 is 0 Å². The van der Waals surface area contributed by atoms with Crippen LogP contribution in [-0.2, 0) is 12.6 Å². The third-order valence-corrected chi connectivity index (χ3v) is 5.58. The maximum absolute atomic E-state index is 12.9. The molecular weight excluding hydrogens is 326 g/mol. The molecule has 24 heavy (non-hydrogen) atoms. The lowest BCUT2D eigenvalue weighted by Crippen LogP contribution is -2.52. The van der Waals surface area contributed by atoms with Gasteiger partial charge in [-0.25, -0.2) is 4.98 Å². The summed E-state index contributed by atoms with van der Waals surface area (Å²) in [6, 6.07) is 7.12. The summed E-state index contributed by atoms with van der Waals surface area (Å²) in [5.74, 6) is 0.721. The molecule has 1 aromatic carbocycles. The van der Waals surface area contributed by atoms with E-state index < -0.39 is 5.60 Å². The number of carbonyl (C=O) groups excluding carboxylic acids is 1. The van der Waals surface area contributed by atoms with Gasteiger partial charge in [-0.2, -0.15) is 0 Å². The van der Waals surface area contributed by atoms with Crippen molar-refractivity contribution in [2.24, 2.45) is 7.05 Å². The molecule has 1 amide bonds. The number of hydrogen-bond donors (Lipinski definition) is 1. The fraction of sp³-hybridized carbons (Fsp3) is 0.444. The Morgan fingerprint density at radius 3 is 2.42 bits per heavy atom. The highest BCUT2D eigenvalue weighted by atomic mass is 35.5. The van der Waals surface area contributed by atoms with Crippen molar-refractivity contribution in [3.05, 3.63) is 53.1 Å². The number of aliphatic hydroxyl groups is 1. The molecule has 2 aromatic rings. The lowest BCUT2D eigenvalue weighted by atomic mass is 9.85. The van der Waals surface area contributed by atoms with Crippen LogP contribution in [0.25, 0.3) is 0 Å². The van der Waals surface area contributed by atoms with E-state index in [2.05, 4.69) is 4.98 Å². The summed E-state index contributed by atoms with van der Waals surface area (Å²) in [5.41, 5.74) is -0.306. The molecule has 0 aliphatic carbocycles. The van der Waals surface area contributed by atoms with Crippen LogP contribution in [0.4, 0.5) is 0 Å². The van der Waals surface area contributed by atoms with E-state index >= 15 is 0 Å². The Labute approximate surface area is 145 Å². The molecule has 2 aliphatic heterocycles. The molecule has 126 valence electrons. The topological polar surface area (TPSA) is 58.4 Å². The summed E-state index contributed by atoms with van der Waals surface area (Å²) in [7, 11) is 1.90. The minimum absolute atomic E-state index is 0.0288. The Balaban J connectivity index is 1.60. The van der Waals surface area contributed by atoms with Crippen LogP contribution in [-0.4, -0.2) is 37.5 Å². The largest absolute Gasteiger partial charge is 0.382 e. The lowest BCUT2D eigenvalue weighted by Gasteiger charge is -2.43. The number of rotatable bonds is 2. The second kappa shape index (κ2) is 5.60. The minimum atomic E-state index is -0.957. The predicted molar refractivity (Wildman–Crippen MR) is 90.8 cm³/mol. The fourth-order valence-corrected chi connectivity index (χ4v) is 4.42.